The highest BCUT2D eigenvalue weighted by Crippen LogP contribution is 2.49. The maximum atomic E-state index is 10.7. The Morgan fingerprint density at radius 2 is 2.13 bits per heavy atom. The molecule has 0 radical (unpaired) electrons. The van der Waals surface area contributed by atoms with Crippen LogP contribution in [0.1, 0.15) is 45.4 Å². The number of carboxylic acid groups (broad SMARTS) is 1. The molecule has 1 aliphatic carbocycles. The predicted molar refractivity (Wildman–Crippen MR) is 58.8 cm³/mol. The number of carboxylic acids is 1. The van der Waals surface area contributed by atoms with Gasteiger partial charge in [0.15, 0.2) is 0 Å². The van der Waals surface area contributed by atoms with Crippen LogP contribution >= 0.6 is 0 Å². The lowest BCUT2D eigenvalue weighted by atomic mass is 9.63. The monoisotopic (exact) mass is 211 g/mol. The minimum Gasteiger partial charge on any atom is -0.481 e. The Bertz CT molecular complexity index is 240. The van der Waals surface area contributed by atoms with E-state index in [1.54, 1.807) is 0 Å². The first-order valence-corrected chi connectivity index (χ1v) is 6.11. The molecule has 1 atom stereocenters. The second kappa shape index (κ2) is 4.12. The predicted octanol–water partition coefficient (Wildman–Crippen LogP) is 2.12. The number of likely N-dealkylation sites (tertiary alicyclic amines) is 1. The van der Waals surface area contributed by atoms with Gasteiger partial charge in [-0.05, 0) is 24.7 Å². The lowest BCUT2D eigenvalue weighted by Gasteiger charge is -2.58. The summed E-state index contributed by atoms with van der Waals surface area (Å²) in [5, 5.41) is 8.85. The number of carbonyl (C=O) groups is 1. The first-order valence-electron chi connectivity index (χ1n) is 6.11. The van der Waals surface area contributed by atoms with Crippen LogP contribution in [-0.4, -0.2) is 35.1 Å². The summed E-state index contributed by atoms with van der Waals surface area (Å²) in [6.45, 7) is 4.45. The van der Waals surface area contributed by atoms with Gasteiger partial charge in [-0.3, -0.25) is 9.69 Å². The van der Waals surface area contributed by atoms with Crippen molar-refractivity contribution >= 4 is 5.97 Å². The Morgan fingerprint density at radius 1 is 1.47 bits per heavy atom. The van der Waals surface area contributed by atoms with E-state index in [1.165, 1.54) is 19.3 Å². The molecule has 0 bridgehead atoms. The third kappa shape index (κ3) is 2.17. The quantitative estimate of drug-likeness (QED) is 0.757. The highest BCUT2D eigenvalue weighted by atomic mass is 16.4. The van der Waals surface area contributed by atoms with Gasteiger partial charge in [0.2, 0.25) is 0 Å². The molecular formula is C12H21NO2. The molecule has 3 nitrogen and oxygen atoms in total. The van der Waals surface area contributed by atoms with Gasteiger partial charge in [0.1, 0.15) is 0 Å². The van der Waals surface area contributed by atoms with Gasteiger partial charge in [-0.1, -0.05) is 19.8 Å². The van der Waals surface area contributed by atoms with E-state index in [4.69, 9.17) is 5.11 Å². The zero-order chi connectivity index (χ0) is 10.9. The Hall–Kier alpha value is -0.570. The first-order chi connectivity index (χ1) is 7.15. The van der Waals surface area contributed by atoms with Crippen molar-refractivity contribution in [3.8, 4) is 0 Å². The van der Waals surface area contributed by atoms with E-state index in [0.717, 1.165) is 25.9 Å². The van der Waals surface area contributed by atoms with E-state index in [0.29, 0.717) is 17.9 Å². The zero-order valence-electron chi connectivity index (χ0n) is 9.54. The molecule has 1 saturated carbocycles. The van der Waals surface area contributed by atoms with E-state index in [1.807, 2.05) is 0 Å². The molecular weight excluding hydrogens is 190 g/mol. The minimum absolute atomic E-state index is 0.290. The van der Waals surface area contributed by atoms with Crippen LogP contribution in [0.2, 0.25) is 0 Å². The van der Waals surface area contributed by atoms with Gasteiger partial charge < -0.3 is 5.11 Å². The molecule has 86 valence electrons. The van der Waals surface area contributed by atoms with Gasteiger partial charge in [0, 0.05) is 19.1 Å². The normalized spacial score (nSPS) is 25.7. The first kappa shape index (κ1) is 10.9. The van der Waals surface area contributed by atoms with Crippen LogP contribution in [0, 0.1) is 5.41 Å². The molecule has 1 saturated heterocycles. The van der Waals surface area contributed by atoms with Crippen LogP contribution in [0.3, 0.4) is 0 Å². The topological polar surface area (TPSA) is 40.5 Å². The molecule has 3 heteroatoms. The minimum atomic E-state index is -0.650. The summed E-state index contributed by atoms with van der Waals surface area (Å²) in [4.78, 5) is 13.1. The summed E-state index contributed by atoms with van der Waals surface area (Å²) < 4.78 is 0. The highest BCUT2D eigenvalue weighted by Gasteiger charge is 2.48. The number of hydrogen-bond acceptors (Lipinski definition) is 2. The Labute approximate surface area is 91.5 Å². The smallest absolute Gasteiger partial charge is 0.304 e. The number of nitrogens with zero attached hydrogens (tertiary/aromatic N) is 1. The third-order valence-corrected chi connectivity index (χ3v) is 4.04. The molecule has 0 aromatic heterocycles. The van der Waals surface area contributed by atoms with E-state index < -0.39 is 5.97 Å². The zero-order valence-corrected chi connectivity index (χ0v) is 9.54. The van der Waals surface area contributed by atoms with Crippen molar-refractivity contribution in [1.82, 2.24) is 4.90 Å². The number of hydrogen-bond donors (Lipinski definition) is 1. The number of aliphatic carboxylic acids is 1. The third-order valence-electron chi connectivity index (χ3n) is 4.04. The second-order valence-electron chi connectivity index (χ2n) is 5.30. The van der Waals surface area contributed by atoms with Crippen LogP contribution in [0.5, 0.6) is 0 Å². The fourth-order valence-corrected chi connectivity index (χ4v) is 3.02. The van der Waals surface area contributed by atoms with E-state index in [9.17, 15) is 4.79 Å². The highest BCUT2D eigenvalue weighted by molar-refractivity contribution is 5.67. The maximum absolute atomic E-state index is 10.7. The van der Waals surface area contributed by atoms with Crippen molar-refractivity contribution in [3.05, 3.63) is 0 Å². The largest absolute Gasteiger partial charge is 0.481 e. The van der Waals surface area contributed by atoms with E-state index >= 15 is 0 Å². The van der Waals surface area contributed by atoms with Gasteiger partial charge in [-0.2, -0.15) is 0 Å². The Kier molecular flexibility index (Phi) is 3.01. The molecule has 1 N–H and O–H groups in total. The van der Waals surface area contributed by atoms with Crippen molar-refractivity contribution in [1.29, 1.82) is 0 Å². The van der Waals surface area contributed by atoms with E-state index in [-0.39, 0.29) is 0 Å². The maximum Gasteiger partial charge on any atom is 0.304 e. The molecule has 1 spiro atoms. The lowest BCUT2D eigenvalue weighted by molar-refractivity contribution is -0.142. The van der Waals surface area contributed by atoms with Crippen molar-refractivity contribution < 1.29 is 9.90 Å². The average molecular weight is 211 g/mol. The van der Waals surface area contributed by atoms with Crippen molar-refractivity contribution in [2.75, 3.05) is 13.1 Å². The fraction of sp³-hybridized carbons (Fsp3) is 0.917. The molecule has 0 aromatic rings. The van der Waals surface area contributed by atoms with Crippen LogP contribution < -0.4 is 0 Å². The van der Waals surface area contributed by atoms with Gasteiger partial charge in [0.05, 0.1) is 6.42 Å². The van der Waals surface area contributed by atoms with Gasteiger partial charge >= 0.3 is 5.97 Å². The summed E-state index contributed by atoms with van der Waals surface area (Å²) in [5.41, 5.74) is 0.616. The molecule has 2 aliphatic rings. The summed E-state index contributed by atoms with van der Waals surface area (Å²) in [6, 6.07) is 0.290. The molecule has 1 heterocycles. The van der Waals surface area contributed by atoms with E-state index in [2.05, 4.69) is 11.8 Å². The summed E-state index contributed by atoms with van der Waals surface area (Å²) in [5.74, 6) is -0.650. The molecule has 0 aromatic carbocycles. The van der Waals surface area contributed by atoms with Crippen LogP contribution in [0.4, 0.5) is 0 Å². The lowest BCUT2D eigenvalue weighted by Crippen LogP contribution is -2.62. The van der Waals surface area contributed by atoms with Gasteiger partial charge in [-0.25, -0.2) is 0 Å². The Balaban J connectivity index is 1.81. The second-order valence-corrected chi connectivity index (χ2v) is 5.30. The average Bonchev–Trinajstić information content (AvgIpc) is 1.97. The standard InChI is InChI=1S/C12H21NO2/c1-2-4-10(7-11(14)15)13-8-12(9-13)5-3-6-12/h10H,2-9H2,1H3,(H,14,15). The van der Waals surface area contributed by atoms with Crippen molar-refractivity contribution in [2.24, 2.45) is 5.41 Å². The SMILES string of the molecule is CCCC(CC(=O)O)N1CC2(CCC2)C1. The molecule has 2 rings (SSSR count). The number of rotatable bonds is 5. The van der Waals surface area contributed by atoms with Crippen LogP contribution in [-0.2, 0) is 4.79 Å². The molecule has 2 fully saturated rings. The molecule has 15 heavy (non-hydrogen) atoms. The summed E-state index contributed by atoms with van der Waals surface area (Å²) in [6.07, 6.45) is 6.56. The van der Waals surface area contributed by atoms with Gasteiger partial charge in [-0.15, -0.1) is 0 Å². The molecule has 1 aliphatic heterocycles. The summed E-state index contributed by atoms with van der Waals surface area (Å²) in [7, 11) is 0. The van der Waals surface area contributed by atoms with Gasteiger partial charge in [0.25, 0.3) is 0 Å². The van der Waals surface area contributed by atoms with Crippen LogP contribution in [0.25, 0.3) is 0 Å². The van der Waals surface area contributed by atoms with Crippen molar-refractivity contribution in [3.63, 3.8) is 0 Å². The summed E-state index contributed by atoms with van der Waals surface area (Å²) >= 11 is 0. The van der Waals surface area contributed by atoms with Crippen molar-refractivity contribution in [2.45, 2.75) is 51.5 Å². The Morgan fingerprint density at radius 3 is 2.53 bits per heavy atom. The fourth-order valence-electron chi connectivity index (χ4n) is 3.02. The molecule has 0 amide bonds. The molecule has 1 unspecified atom stereocenters. The van der Waals surface area contributed by atoms with Crippen LogP contribution in [0.15, 0.2) is 0 Å².